The smallest absolute Gasteiger partial charge is 0.310 e. The van der Waals surface area contributed by atoms with Crippen molar-refractivity contribution >= 4 is 5.97 Å². The molecule has 0 amide bonds. The Hall–Kier alpha value is -0.790. The lowest BCUT2D eigenvalue weighted by Gasteiger charge is -2.22. The van der Waals surface area contributed by atoms with Crippen LogP contribution in [0.2, 0.25) is 0 Å². The highest BCUT2D eigenvalue weighted by atomic mass is 16.5. The normalized spacial score (nSPS) is 31.1. The summed E-state index contributed by atoms with van der Waals surface area (Å²) in [6.07, 6.45) is 9.39. The van der Waals surface area contributed by atoms with E-state index in [-0.39, 0.29) is 23.4 Å². The predicted octanol–water partition coefficient (Wildman–Crippen LogP) is 4.49. The van der Waals surface area contributed by atoms with Crippen LogP contribution in [0.15, 0.2) is 11.6 Å². The molecule has 0 aromatic rings. The molecule has 2 unspecified atom stereocenters. The summed E-state index contributed by atoms with van der Waals surface area (Å²) < 4.78 is 5.73. The fourth-order valence-electron chi connectivity index (χ4n) is 3.28. The number of ether oxygens (including phenoxy) is 1. The lowest BCUT2D eigenvalue weighted by atomic mass is 9.98. The molecule has 2 atom stereocenters. The van der Waals surface area contributed by atoms with Crippen LogP contribution in [0.1, 0.15) is 66.2 Å². The number of esters is 1. The Balaban J connectivity index is 1.92. The summed E-state index contributed by atoms with van der Waals surface area (Å²) in [5, 5.41) is 0. The van der Waals surface area contributed by atoms with Crippen molar-refractivity contribution in [2.24, 2.45) is 17.3 Å². The number of allylic oxidation sites excluding steroid dienone is 2. The monoisotopic (exact) mass is 264 g/mol. The van der Waals surface area contributed by atoms with Crippen molar-refractivity contribution in [2.45, 2.75) is 72.3 Å². The third-order valence-corrected chi connectivity index (χ3v) is 5.02. The summed E-state index contributed by atoms with van der Waals surface area (Å²) >= 11 is 0. The lowest BCUT2D eigenvalue weighted by Crippen LogP contribution is -2.23. The van der Waals surface area contributed by atoms with Gasteiger partial charge >= 0.3 is 5.97 Å². The van der Waals surface area contributed by atoms with Gasteiger partial charge in [0.25, 0.3) is 0 Å². The third kappa shape index (κ3) is 3.21. The fourth-order valence-corrected chi connectivity index (χ4v) is 3.28. The van der Waals surface area contributed by atoms with E-state index in [1.54, 1.807) is 0 Å². The molecule has 0 spiro atoms. The van der Waals surface area contributed by atoms with E-state index in [9.17, 15) is 4.79 Å². The SMILES string of the molecule is CCC(C)=CC1C(C(=O)OC2CCCCC2)C1(C)C. The van der Waals surface area contributed by atoms with Crippen molar-refractivity contribution in [1.29, 1.82) is 0 Å². The molecule has 2 fully saturated rings. The highest BCUT2D eigenvalue weighted by Crippen LogP contribution is 2.60. The Bertz CT molecular complexity index is 361. The maximum atomic E-state index is 12.3. The van der Waals surface area contributed by atoms with Gasteiger partial charge in [0.2, 0.25) is 0 Å². The topological polar surface area (TPSA) is 26.3 Å². The first-order valence-electron chi connectivity index (χ1n) is 7.84. The Morgan fingerprint density at radius 3 is 2.47 bits per heavy atom. The molecule has 2 heteroatoms. The van der Waals surface area contributed by atoms with Crippen LogP contribution in [0.4, 0.5) is 0 Å². The first-order valence-corrected chi connectivity index (χ1v) is 7.84. The molecule has 2 rings (SSSR count). The van der Waals surface area contributed by atoms with Crippen molar-refractivity contribution in [3.63, 3.8) is 0 Å². The minimum Gasteiger partial charge on any atom is -0.462 e. The van der Waals surface area contributed by atoms with E-state index in [0.29, 0.717) is 5.92 Å². The summed E-state index contributed by atoms with van der Waals surface area (Å²) in [5.41, 5.74) is 1.47. The van der Waals surface area contributed by atoms with Gasteiger partial charge in [-0.15, -0.1) is 0 Å². The molecule has 0 aromatic carbocycles. The Morgan fingerprint density at radius 2 is 1.89 bits per heavy atom. The Kier molecular flexibility index (Phi) is 4.37. The molecular formula is C17H28O2. The van der Waals surface area contributed by atoms with Gasteiger partial charge in [0.15, 0.2) is 0 Å². The molecule has 0 saturated heterocycles. The molecule has 2 aliphatic rings. The largest absolute Gasteiger partial charge is 0.462 e. The van der Waals surface area contributed by atoms with E-state index in [2.05, 4.69) is 33.8 Å². The molecule has 0 radical (unpaired) electrons. The van der Waals surface area contributed by atoms with Gasteiger partial charge in [0, 0.05) is 0 Å². The third-order valence-electron chi connectivity index (χ3n) is 5.02. The van der Waals surface area contributed by atoms with E-state index in [1.807, 2.05) is 0 Å². The van der Waals surface area contributed by atoms with Crippen LogP contribution in [-0.2, 0) is 9.53 Å². The van der Waals surface area contributed by atoms with E-state index in [4.69, 9.17) is 4.74 Å². The molecule has 0 bridgehead atoms. The van der Waals surface area contributed by atoms with Crippen LogP contribution < -0.4 is 0 Å². The maximum absolute atomic E-state index is 12.3. The number of rotatable bonds is 4. The quantitative estimate of drug-likeness (QED) is 0.552. The fraction of sp³-hybridized carbons (Fsp3) is 0.824. The van der Waals surface area contributed by atoms with E-state index >= 15 is 0 Å². The molecule has 0 aromatic heterocycles. The zero-order valence-electron chi connectivity index (χ0n) is 12.9. The molecule has 2 aliphatic carbocycles. The van der Waals surface area contributed by atoms with E-state index < -0.39 is 0 Å². The van der Waals surface area contributed by atoms with Gasteiger partial charge in [0.1, 0.15) is 6.10 Å². The summed E-state index contributed by atoms with van der Waals surface area (Å²) in [6, 6.07) is 0. The Morgan fingerprint density at radius 1 is 1.26 bits per heavy atom. The Labute approximate surface area is 117 Å². The van der Waals surface area contributed by atoms with E-state index in [0.717, 1.165) is 19.3 Å². The van der Waals surface area contributed by atoms with Crippen molar-refractivity contribution in [1.82, 2.24) is 0 Å². The van der Waals surface area contributed by atoms with Crippen LogP contribution in [0.25, 0.3) is 0 Å². The summed E-state index contributed by atoms with van der Waals surface area (Å²) in [4.78, 5) is 12.3. The first-order chi connectivity index (χ1) is 8.96. The first kappa shape index (κ1) is 14.6. The highest BCUT2D eigenvalue weighted by molar-refractivity contribution is 5.78. The van der Waals surface area contributed by atoms with Crippen LogP contribution in [0, 0.1) is 17.3 Å². The van der Waals surface area contributed by atoms with Crippen LogP contribution in [0.3, 0.4) is 0 Å². The molecule has 2 nitrogen and oxygen atoms in total. The minimum atomic E-state index is 0.0436. The van der Waals surface area contributed by atoms with Crippen molar-refractivity contribution < 1.29 is 9.53 Å². The number of carbonyl (C=O) groups excluding carboxylic acids is 1. The average molecular weight is 264 g/mol. The van der Waals surface area contributed by atoms with Gasteiger partial charge in [-0.1, -0.05) is 38.8 Å². The van der Waals surface area contributed by atoms with Gasteiger partial charge in [-0.05, 0) is 50.4 Å². The van der Waals surface area contributed by atoms with Gasteiger partial charge in [-0.2, -0.15) is 0 Å². The second kappa shape index (κ2) is 5.68. The standard InChI is InChI=1S/C17H28O2/c1-5-12(2)11-14-15(17(14,3)4)16(18)19-13-9-7-6-8-10-13/h11,13-15H,5-10H2,1-4H3. The summed E-state index contributed by atoms with van der Waals surface area (Å²) in [7, 11) is 0. The van der Waals surface area contributed by atoms with Gasteiger partial charge < -0.3 is 4.74 Å². The van der Waals surface area contributed by atoms with Crippen LogP contribution >= 0.6 is 0 Å². The zero-order chi connectivity index (χ0) is 14.0. The number of hydrogen-bond donors (Lipinski definition) is 0. The molecule has 2 saturated carbocycles. The zero-order valence-corrected chi connectivity index (χ0v) is 12.9. The average Bonchev–Trinajstić information content (AvgIpc) is 2.91. The predicted molar refractivity (Wildman–Crippen MR) is 77.8 cm³/mol. The molecule has 0 N–H and O–H groups in total. The maximum Gasteiger partial charge on any atom is 0.310 e. The second-order valence-electron chi connectivity index (χ2n) is 6.89. The van der Waals surface area contributed by atoms with Crippen LogP contribution in [0.5, 0.6) is 0 Å². The number of carbonyl (C=O) groups is 1. The van der Waals surface area contributed by atoms with E-state index in [1.165, 1.54) is 24.8 Å². The molecule has 108 valence electrons. The molecule has 0 heterocycles. The summed E-state index contributed by atoms with van der Waals surface area (Å²) in [6.45, 7) is 8.68. The van der Waals surface area contributed by atoms with Crippen molar-refractivity contribution in [3.05, 3.63) is 11.6 Å². The second-order valence-corrected chi connectivity index (χ2v) is 6.89. The number of hydrogen-bond acceptors (Lipinski definition) is 2. The van der Waals surface area contributed by atoms with Crippen molar-refractivity contribution in [2.75, 3.05) is 0 Å². The van der Waals surface area contributed by atoms with Crippen molar-refractivity contribution in [3.8, 4) is 0 Å². The van der Waals surface area contributed by atoms with Gasteiger partial charge in [-0.25, -0.2) is 0 Å². The minimum absolute atomic E-state index is 0.0436. The van der Waals surface area contributed by atoms with Crippen LogP contribution in [-0.4, -0.2) is 12.1 Å². The van der Waals surface area contributed by atoms with Gasteiger partial charge in [0.05, 0.1) is 5.92 Å². The summed E-state index contributed by atoms with van der Waals surface area (Å²) in [5.74, 6) is 0.501. The molecule has 19 heavy (non-hydrogen) atoms. The molecular weight excluding hydrogens is 236 g/mol. The van der Waals surface area contributed by atoms with Gasteiger partial charge in [-0.3, -0.25) is 4.79 Å². The lowest BCUT2D eigenvalue weighted by molar-refractivity contribution is -0.153. The highest BCUT2D eigenvalue weighted by Gasteiger charge is 2.61. The molecule has 0 aliphatic heterocycles.